The number of benzene rings is 2. The third kappa shape index (κ3) is 3.21. The van der Waals surface area contributed by atoms with Gasteiger partial charge in [-0.3, -0.25) is 0 Å². The fourth-order valence-electron chi connectivity index (χ4n) is 2.78. The topological polar surface area (TPSA) is 85.7 Å². The number of fused-ring (bicyclic) bond motifs is 1. The van der Waals surface area contributed by atoms with Crippen LogP contribution in [-0.2, 0) is 6.42 Å². The van der Waals surface area contributed by atoms with Gasteiger partial charge in [-0.25, -0.2) is 4.79 Å². The molecule has 25 heavy (non-hydrogen) atoms. The molecule has 0 fully saturated rings. The number of aliphatic hydroxyl groups is 1. The van der Waals surface area contributed by atoms with Crippen LogP contribution in [0.5, 0.6) is 5.75 Å². The minimum absolute atomic E-state index is 0.0579. The lowest BCUT2D eigenvalue weighted by Gasteiger charge is -2.11. The van der Waals surface area contributed by atoms with Crippen molar-refractivity contribution in [2.24, 2.45) is 0 Å². The highest BCUT2D eigenvalue weighted by molar-refractivity contribution is 5.94. The average molecular weight is 337 g/mol. The van der Waals surface area contributed by atoms with Crippen LogP contribution in [0, 0.1) is 0 Å². The number of rotatable bonds is 4. The fourth-order valence-corrected chi connectivity index (χ4v) is 2.78. The number of aliphatic hydroxyl groups excluding tert-OH is 1. The first kappa shape index (κ1) is 16.6. The Balaban J connectivity index is 2.06. The van der Waals surface area contributed by atoms with Crippen molar-refractivity contribution in [3.63, 3.8) is 0 Å². The van der Waals surface area contributed by atoms with Crippen molar-refractivity contribution in [3.8, 4) is 5.75 Å². The summed E-state index contributed by atoms with van der Waals surface area (Å²) in [4.78, 5) is 12.3. The van der Waals surface area contributed by atoms with Gasteiger partial charge >= 0.3 is 5.63 Å². The molecule has 0 amide bonds. The van der Waals surface area contributed by atoms with E-state index in [1.165, 1.54) is 0 Å². The first-order valence-corrected chi connectivity index (χ1v) is 7.84. The van der Waals surface area contributed by atoms with Crippen molar-refractivity contribution < 1.29 is 14.3 Å². The highest BCUT2D eigenvalue weighted by atomic mass is 16.5. The van der Waals surface area contributed by atoms with E-state index in [-0.39, 0.29) is 17.7 Å². The molecule has 0 aliphatic rings. The number of methoxy groups -OCH3 is 1. The number of anilines is 1. The van der Waals surface area contributed by atoms with Crippen LogP contribution >= 0.6 is 0 Å². The standard InChI is InChI=1S/C20H19NO4/c1-12(16(22)11-13-6-5-7-14(10-13)24-2)18-19(21)15-8-3-4-9-17(15)25-20(18)23/h3-10,22H,11,21H2,1-2H3/b16-12-. The summed E-state index contributed by atoms with van der Waals surface area (Å²) in [5.41, 5.74) is 7.80. The second-order valence-electron chi connectivity index (χ2n) is 5.77. The Morgan fingerprint density at radius 1 is 1.20 bits per heavy atom. The molecule has 3 N–H and O–H groups in total. The molecule has 0 atom stereocenters. The molecule has 1 heterocycles. The van der Waals surface area contributed by atoms with Gasteiger partial charge in [-0.05, 0) is 36.8 Å². The molecule has 0 radical (unpaired) electrons. The van der Waals surface area contributed by atoms with E-state index in [1.54, 1.807) is 32.2 Å². The Bertz CT molecular complexity index is 1020. The first-order valence-electron chi connectivity index (χ1n) is 7.84. The van der Waals surface area contributed by atoms with Gasteiger partial charge in [0.1, 0.15) is 17.1 Å². The largest absolute Gasteiger partial charge is 0.512 e. The highest BCUT2D eigenvalue weighted by Crippen LogP contribution is 2.28. The summed E-state index contributed by atoms with van der Waals surface area (Å²) in [5.74, 6) is 0.759. The molecule has 0 aliphatic heterocycles. The average Bonchev–Trinajstić information content (AvgIpc) is 2.61. The van der Waals surface area contributed by atoms with Gasteiger partial charge in [0.05, 0.1) is 18.4 Å². The number of ether oxygens (including phenoxy) is 1. The van der Waals surface area contributed by atoms with Gasteiger partial charge in [0.15, 0.2) is 0 Å². The molecular formula is C20H19NO4. The second-order valence-corrected chi connectivity index (χ2v) is 5.77. The van der Waals surface area contributed by atoms with Crippen LogP contribution in [0.1, 0.15) is 18.1 Å². The Morgan fingerprint density at radius 3 is 2.72 bits per heavy atom. The summed E-state index contributed by atoms with van der Waals surface area (Å²) in [6, 6.07) is 14.4. The van der Waals surface area contributed by atoms with Crippen LogP contribution in [0.15, 0.2) is 63.5 Å². The molecule has 1 aromatic heterocycles. The summed E-state index contributed by atoms with van der Waals surface area (Å²) >= 11 is 0. The van der Waals surface area contributed by atoms with Gasteiger partial charge in [-0.1, -0.05) is 24.3 Å². The van der Waals surface area contributed by atoms with Gasteiger partial charge in [-0.15, -0.1) is 0 Å². The van der Waals surface area contributed by atoms with Crippen LogP contribution < -0.4 is 16.1 Å². The molecule has 0 spiro atoms. The third-order valence-corrected chi connectivity index (χ3v) is 4.17. The monoisotopic (exact) mass is 337 g/mol. The van der Waals surface area contributed by atoms with Gasteiger partial charge in [-0.2, -0.15) is 0 Å². The molecule has 0 aliphatic carbocycles. The van der Waals surface area contributed by atoms with Crippen LogP contribution in [0.25, 0.3) is 16.5 Å². The zero-order chi connectivity index (χ0) is 18.0. The van der Waals surface area contributed by atoms with Gasteiger partial charge in [0.2, 0.25) is 0 Å². The van der Waals surface area contributed by atoms with E-state index in [0.717, 1.165) is 5.56 Å². The lowest BCUT2D eigenvalue weighted by atomic mass is 10.0. The van der Waals surface area contributed by atoms with E-state index in [1.807, 2.05) is 30.3 Å². The first-order chi connectivity index (χ1) is 12.0. The molecule has 5 nitrogen and oxygen atoms in total. The molecule has 0 saturated carbocycles. The van der Waals surface area contributed by atoms with E-state index in [0.29, 0.717) is 28.0 Å². The Labute approximate surface area is 145 Å². The number of nitrogens with two attached hydrogens (primary N) is 1. The molecule has 0 bridgehead atoms. The lowest BCUT2D eigenvalue weighted by molar-refractivity contribution is 0.398. The smallest absolute Gasteiger partial charge is 0.346 e. The molecule has 2 aromatic carbocycles. The molecular weight excluding hydrogens is 318 g/mol. The fraction of sp³-hybridized carbons (Fsp3) is 0.150. The number of hydrogen-bond donors (Lipinski definition) is 2. The van der Waals surface area contributed by atoms with Crippen LogP contribution in [0.2, 0.25) is 0 Å². The van der Waals surface area contributed by atoms with E-state index in [2.05, 4.69) is 0 Å². The Hall–Kier alpha value is -3.21. The van der Waals surface area contributed by atoms with Crippen LogP contribution in [-0.4, -0.2) is 12.2 Å². The van der Waals surface area contributed by atoms with E-state index >= 15 is 0 Å². The van der Waals surface area contributed by atoms with Crippen molar-refractivity contribution in [2.75, 3.05) is 12.8 Å². The number of para-hydroxylation sites is 1. The maximum absolute atomic E-state index is 12.3. The molecule has 3 rings (SSSR count). The summed E-state index contributed by atoms with van der Waals surface area (Å²) in [7, 11) is 1.58. The van der Waals surface area contributed by atoms with Crippen molar-refractivity contribution in [3.05, 3.63) is 75.8 Å². The van der Waals surface area contributed by atoms with Gasteiger partial charge in [0.25, 0.3) is 0 Å². The molecule has 0 unspecified atom stereocenters. The van der Waals surface area contributed by atoms with Crippen molar-refractivity contribution in [2.45, 2.75) is 13.3 Å². The maximum Gasteiger partial charge on any atom is 0.346 e. The van der Waals surface area contributed by atoms with Gasteiger partial charge < -0.3 is 20.0 Å². The van der Waals surface area contributed by atoms with Crippen molar-refractivity contribution >= 4 is 22.2 Å². The molecule has 5 heteroatoms. The summed E-state index contributed by atoms with van der Waals surface area (Å²) < 4.78 is 10.5. The van der Waals surface area contributed by atoms with Crippen LogP contribution in [0.4, 0.5) is 5.69 Å². The van der Waals surface area contributed by atoms with Crippen molar-refractivity contribution in [1.29, 1.82) is 0 Å². The van der Waals surface area contributed by atoms with Gasteiger partial charge in [0, 0.05) is 17.4 Å². The zero-order valence-electron chi connectivity index (χ0n) is 14.1. The number of allylic oxidation sites excluding steroid dienone is 2. The molecule has 0 saturated heterocycles. The normalized spacial score (nSPS) is 12.1. The Morgan fingerprint density at radius 2 is 1.96 bits per heavy atom. The number of hydrogen-bond acceptors (Lipinski definition) is 5. The number of nitrogen functional groups attached to an aromatic ring is 1. The molecule has 128 valence electrons. The maximum atomic E-state index is 12.3. The predicted octanol–water partition coefficient (Wildman–Crippen LogP) is 3.92. The second kappa shape index (κ2) is 6.73. The quantitative estimate of drug-likeness (QED) is 0.557. The predicted molar refractivity (Wildman–Crippen MR) is 98.8 cm³/mol. The van der Waals surface area contributed by atoms with E-state index < -0.39 is 5.63 Å². The lowest BCUT2D eigenvalue weighted by Crippen LogP contribution is -2.11. The minimum atomic E-state index is -0.564. The minimum Gasteiger partial charge on any atom is -0.512 e. The third-order valence-electron chi connectivity index (χ3n) is 4.17. The zero-order valence-corrected chi connectivity index (χ0v) is 14.1. The van der Waals surface area contributed by atoms with Crippen LogP contribution in [0.3, 0.4) is 0 Å². The van der Waals surface area contributed by atoms with E-state index in [9.17, 15) is 9.90 Å². The van der Waals surface area contributed by atoms with Crippen molar-refractivity contribution in [1.82, 2.24) is 0 Å². The molecule has 3 aromatic rings. The van der Waals surface area contributed by atoms with E-state index in [4.69, 9.17) is 14.9 Å². The highest BCUT2D eigenvalue weighted by Gasteiger charge is 2.16. The summed E-state index contributed by atoms with van der Waals surface area (Å²) in [6.07, 6.45) is 0.259. The Kier molecular flexibility index (Phi) is 4.48. The SMILES string of the molecule is COc1cccc(C/C(O)=C(\C)c2c(N)c3ccccc3oc2=O)c1. The summed E-state index contributed by atoms with van der Waals surface area (Å²) in [6.45, 7) is 1.66. The summed E-state index contributed by atoms with van der Waals surface area (Å²) in [5, 5.41) is 11.2.